The average Bonchev–Trinajstić information content (AvgIpc) is 2.94. The van der Waals surface area contributed by atoms with E-state index in [9.17, 15) is 0 Å². The number of anilines is 1. The van der Waals surface area contributed by atoms with Gasteiger partial charge >= 0.3 is 0 Å². The van der Waals surface area contributed by atoms with Gasteiger partial charge < -0.3 is 5.32 Å². The van der Waals surface area contributed by atoms with Crippen LogP contribution >= 0.6 is 34.9 Å². The van der Waals surface area contributed by atoms with Gasteiger partial charge in [0.25, 0.3) is 0 Å². The Kier molecular flexibility index (Phi) is 3.74. The van der Waals surface area contributed by atoms with Gasteiger partial charge in [-0.3, -0.25) is 4.98 Å². The Labute approximate surface area is 130 Å². The minimum atomic E-state index is 0.0484. The Morgan fingerprint density at radius 1 is 1.20 bits per heavy atom. The normalized spacial score (nSPS) is 12.6. The molecule has 3 aromatic rings. The fraction of sp³-hybridized carbons (Fsp3) is 0.154. The standard InChI is InChI=1S/C13H10Cl2N4S/c1-7(8-3-2-4-16-6-8)17-11-9(14)5-10(15)12-13(11)19-20-18-12/h2-7,17H,1H3. The van der Waals surface area contributed by atoms with Crippen LogP contribution in [0.15, 0.2) is 30.6 Å². The molecular weight excluding hydrogens is 315 g/mol. The van der Waals surface area contributed by atoms with E-state index < -0.39 is 0 Å². The van der Waals surface area contributed by atoms with Gasteiger partial charge in [-0.1, -0.05) is 29.3 Å². The van der Waals surface area contributed by atoms with Gasteiger partial charge in [-0.15, -0.1) is 0 Å². The van der Waals surface area contributed by atoms with Crippen LogP contribution in [-0.4, -0.2) is 13.7 Å². The summed E-state index contributed by atoms with van der Waals surface area (Å²) in [6.07, 6.45) is 3.56. The van der Waals surface area contributed by atoms with Crippen molar-refractivity contribution in [2.45, 2.75) is 13.0 Å². The van der Waals surface area contributed by atoms with E-state index in [1.54, 1.807) is 12.3 Å². The van der Waals surface area contributed by atoms with E-state index in [1.165, 1.54) is 0 Å². The summed E-state index contributed by atoms with van der Waals surface area (Å²) in [5.74, 6) is 0. The van der Waals surface area contributed by atoms with Crippen LogP contribution in [0, 0.1) is 0 Å². The quantitative estimate of drug-likeness (QED) is 0.766. The second-order valence-corrected chi connectivity index (χ2v) is 5.67. The van der Waals surface area contributed by atoms with Gasteiger partial charge in [-0.2, -0.15) is 8.75 Å². The number of pyridine rings is 1. The Morgan fingerprint density at radius 2 is 2.00 bits per heavy atom. The van der Waals surface area contributed by atoms with Crippen molar-refractivity contribution in [3.63, 3.8) is 0 Å². The summed E-state index contributed by atoms with van der Waals surface area (Å²) in [5, 5.41) is 4.40. The number of halogens is 2. The molecule has 0 aliphatic heterocycles. The highest BCUT2D eigenvalue weighted by atomic mass is 35.5. The van der Waals surface area contributed by atoms with E-state index >= 15 is 0 Å². The molecule has 0 saturated heterocycles. The lowest BCUT2D eigenvalue weighted by atomic mass is 10.1. The molecule has 1 atom stereocenters. The maximum atomic E-state index is 6.27. The molecule has 2 heterocycles. The van der Waals surface area contributed by atoms with E-state index in [0.29, 0.717) is 21.1 Å². The highest BCUT2D eigenvalue weighted by Gasteiger charge is 2.16. The first-order valence-corrected chi connectivity index (χ1v) is 7.42. The molecule has 0 aliphatic carbocycles. The summed E-state index contributed by atoms with van der Waals surface area (Å²) < 4.78 is 8.46. The largest absolute Gasteiger partial charge is 0.375 e. The van der Waals surface area contributed by atoms with Gasteiger partial charge in [0.2, 0.25) is 0 Å². The molecule has 7 heteroatoms. The smallest absolute Gasteiger partial charge is 0.130 e. The van der Waals surface area contributed by atoms with Gasteiger partial charge in [-0.05, 0) is 24.6 Å². The molecule has 2 aromatic heterocycles. The lowest BCUT2D eigenvalue weighted by Gasteiger charge is -2.16. The molecule has 0 amide bonds. The molecule has 3 rings (SSSR count). The van der Waals surface area contributed by atoms with Crippen molar-refractivity contribution >= 4 is 51.7 Å². The number of hydrogen-bond acceptors (Lipinski definition) is 5. The Bertz CT molecular complexity index is 745. The highest BCUT2D eigenvalue weighted by Crippen LogP contribution is 2.36. The van der Waals surface area contributed by atoms with Gasteiger partial charge in [-0.25, -0.2) is 0 Å². The minimum absolute atomic E-state index is 0.0484. The number of hydrogen-bond donors (Lipinski definition) is 1. The van der Waals surface area contributed by atoms with Crippen molar-refractivity contribution in [2.75, 3.05) is 5.32 Å². The first-order valence-electron chi connectivity index (χ1n) is 5.93. The summed E-state index contributed by atoms with van der Waals surface area (Å²) in [6.45, 7) is 2.04. The molecule has 102 valence electrons. The number of rotatable bonds is 3. The van der Waals surface area contributed by atoms with E-state index in [-0.39, 0.29) is 6.04 Å². The third kappa shape index (κ3) is 2.44. The zero-order valence-electron chi connectivity index (χ0n) is 10.5. The lowest BCUT2D eigenvalue weighted by Crippen LogP contribution is -2.07. The Morgan fingerprint density at radius 3 is 2.75 bits per heavy atom. The monoisotopic (exact) mass is 324 g/mol. The molecule has 0 spiro atoms. The number of fused-ring (bicyclic) bond motifs is 1. The van der Waals surface area contributed by atoms with E-state index in [0.717, 1.165) is 23.0 Å². The second-order valence-electron chi connectivity index (χ2n) is 4.33. The second kappa shape index (κ2) is 5.52. The molecule has 0 fully saturated rings. The van der Waals surface area contributed by atoms with Crippen molar-refractivity contribution in [3.05, 3.63) is 46.2 Å². The van der Waals surface area contributed by atoms with Crippen LogP contribution in [-0.2, 0) is 0 Å². The van der Waals surface area contributed by atoms with Gasteiger partial charge in [0.05, 0.1) is 33.5 Å². The maximum Gasteiger partial charge on any atom is 0.130 e. The fourth-order valence-corrected chi connectivity index (χ4v) is 3.11. The van der Waals surface area contributed by atoms with Crippen LogP contribution in [0.1, 0.15) is 18.5 Å². The summed E-state index contributed by atoms with van der Waals surface area (Å²) in [7, 11) is 0. The van der Waals surface area contributed by atoms with Gasteiger partial charge in [0, 0.05) is 12.4 Å². The zero-order valence-corrected chi connectivity index (χ0v) is 12.8. The predicted molar refractivity (Wildman–Crippen MR) is 83.7 cm³/mol. The van der Waals surface area contributed by atoms with E-state index in [1.807, 2.05) is 25.3 Å². The number of nitrogens with zero attached hydrogens (tertiary/aromatic N) is 3. The third-order valence-corrected chi connectivity index (χ3v) is 4.10. The molecule has 1 N–H and O–H groups in total. The van der Waals surface area contributed by atoms with Crippen molar-refractivity contribution in [2.24, 2.45) is 0 Å². The average molecular weight is 325 g/mol. The van der Waals surface area contributed by atoms with Gasteiger partial charge in [0.1, 0.15) is 11.0 Å². The topological polar surface area (TPSA) is 50.7 Å². The highest BCUT2D eigenvalue weighted by molar-refractivity contribution is 7.00. The molecule has 4 nitrogen and oxygen atoms in total. The molecule has 0 aliphatic rings. The van der Waals surface area contributed by atoms with Crippen LogP contribution in [0.2, 0.25) is 10.0 Å². The Hall–Kier alpha value is -1.43. The first kappa shape index (κ1) is 13.5. The molecule has 0 bridgehead atoms. The van der Waals surface area contributed by atoms with Gasteiger partial charge in [0.15, 0.2) is 0 Å². The van der Waals surface area contributed by atoms with Crippen LogP contribution in [0.25, 0.3) is 11.0 Å². The molecule has 1 aromatic carbocycles. The molecule has 0 saturated carbocycles. The minimum Gasteiger partial charge on any atom is -0.375 e. The predicted octanol–water partition coefficient (Wildman–Crippen LogP) is 4.57. The SMILES string of the molecule is CC(Nc1c(Cl)cc(Cl)c2nsnc12)c1cccnc1. The molecule has 0 radical (unpaired) electrons. The lowest BCUT2D eigenvalue weighted by molar-refractivity contribution is 0.877. The van der Waals surface area contributed by atoms with Crippen LogP contribution < -0.4 is 5.32 Å². The van der Waals surface area contributed by atoms with Crippen LogP contribution in [0.3, 0.4) is 0 Å². The Balaban J connectivity index is 2.01. The summed E-state index contributed by atoms with van der Waals surface area (Å²) in [6, 6.07) is 5.64. The summed E-state index contributed by atoms with van der Waals surface area (Å²) in [5.41, 5.74) is 3.18. The summed E-state index contributed by atoms with van der Waals surface area (Å²) >= 11 is 13.5. The van der Waals surface area contributed by atoms with Crippen molar-refractivity contribution in [1.82, 2.24) is 13.7 Å². The first-order chi connectivity index (χ1) is 9.66. The van der Waals surface area contributed by atoms with Crippen molar-refractivity contribution in [1.29, 1.82) is 0 Å². The summed E-state index contributed by atoms with van der Waals surface area (Å²) in [4.78, 5) is 4.12. The maximum absolute atomic E-state index is 6.27. The zero-order chi connectivity index (χ0) is 14.1. The number of aromatic nitrogens is 3. The fourth-order valence-electron chi connectivity index (χ4n) is 1.94. The molecule has 1 unspecified atom stereocenters. The van der Waals surface area contributed by atoms with E-state index in [2.05, 4.69) is 19.0 Å². The van der Waals surface area contributed by atoms with Crippen LogP contribution in [0.4, 0.5) is 5.69 Å². The van der Waals surface area contributed by atoms with Crippen LogP contribution in [0.5, 0.6) is 0 Å². The number of benzene rings is 1. The molecular formula is C13H10Cl2N4S. The molecule has 20 heavy (non-hydrogen) atoms. The van der Waals surface area contributed by atoms with E-state index in [4.69, 9.17) is 23.2 Å². The number of nitrogens with one attached hydrogen (secondary N) is 1. The third-order valence-electron chi connectivity index (χ3n) is 2.99. The van der Waals surface area contributed by atoms with Crippen molar-refractivity contribution < 1.29 is 0 Å². The van der Waals surface area contributed by atoms with Crippen molar-refractivity contribution in [3.8, 4) is 0 Å².